The van der Waals surface area contributed by atoms with E-state index >= 15 is 0 Å². The van der Waals surface area contributed by atoms with Crippen LogP contribution in [-0.4, -0.2) is 29.4 Å². The number of aromatic amines is 1. The Labute approximate surface area is 150 Å². The number of H-pyrrole nitrogens is 1. The first kappa shape index (κ1) is 16.4. The third-order valence-corrected chi connectivity index (χ3v) is 4.89. The van der Waals surface area contributed by atoms with Gasteiger partial charge in [-0.2, -0.15) is 0 Å². The van der Waals surface area contributed by atoms with Crippen LogP contribution in [0.3, 0.4) is 0 Å². The summed E-state index contributed by atoms with van der Waals surface area (Å²) in [4.78, 5) is 27.0. The summed E-state index contributed by atoms with van der Waals surface area (Å²) in [5.41, 5.74) is 8.32. The molecule has 1 saturated heterocycles. The fraction of sp³-hybridized carbons (Fsp3) is 0.200. The minimum Gasteiger partial charge on any atom is -0.364 e. The molecule has 2 amide bonds. The number of rotatable bonds is 4. The number of carbonyl (C=O) groups excluding carboxylic acids is 2. The average molecular weight is 348 g/mol. The summed E-state index contributed by atoms with van der Waals surface area (Å²) in [5.74, 6) is -0.400. The van der Waals surface area contributed by atoms with E-state index in [-0.39, 0.29) is 17.9 Å². The van der Waals surface area contributed by atoms with E-state index in [2.05, 4.69) is 27.8 Å². The summed E-state index contributed by atoms with van der Waals surface area (Å²) >= 11 is 0. The highest BCUT2D eigenvalue weighted by atomic mass is 16.2. The van der Waals surface area contributed by atoms with Gasteiger partial charge in [0.05, 0.1) is 6.04 Å². The zero-order chi connectivity index (χ0) is 18.1. The number of aromatic nitrogens is 1. The minimum absolute atomic E-state index is 0.0543. The highest BCUT2D eigenvalue weighted by Gasteiger charge is 2.33. The molecular weight excluding hydrogens is 328 g/mol. The molecular formula is C20H20N4O2. The van der Waals surface area contributed by atoms with Gasteiger partial charge in [-0.15, -0.1) is 0 Å². The molecule has 1 fully saturated rings. The van der Waals surface area contributed by atoms with Crippen molar-refractivity contribution in [3.05, 3.63) is 65.9 Å². The van der Waals surface area contributed by atoms with Crippen molar-refractivity contribution in [3.63, 3.8) is 0 Å². The molecule has 0 radical (unpaired) electrons. The molecule has 0 aliphatic carbocycles. The highest BCUT2D eigenvalue weighted by Crippen LogP contribution is 2.29. The van der Waals surface area contributed by atoms with Crippen molar-refractivity contribution < 1.29 is 9.59 Å². The van der Waals surface area contributed by atoms with Crippen LogP contribution in [0, 0.1) is 0 Å². The first-order valence-electron chi connectivity index (χ1n) is 8.63. The number of carbonyl (C=O) groups is 2. The lowest BCUT2D eigenvalue weighted by molar-refractivity contribution is -0.118. The standard InChI is InChI=1S/C20H20N4O2/c21-19(25)17-11-13-10-14(6-7-16(13)24-17)23-20(26)18-15(8-9-22-18)12-4-2-1-3-5-12/h1-7,10-11,15,18,22,24H,8-9H2,(H2,21,25)(H,23,26)/t15-,18+/m0/s1. The van der Waals surface area contributed by atoms with Crippen LogP contribution in [0.1, 0.15) is 28.4 Å². The topological polar surface area (TPSA) is 100 Å². The molecule has 3 aromatic rings. The molecule has 6 heteroatoms. The van der Waals surface area contributed by atoms with Crippen LogP contribution in [0.4, 0.5) is 5.69 Å². The first-order valence-corrected chi connectivity index (χ1v) is 8.63. The van der Waals surface area contributed by atoms with Gasteiger partial charge in [-0.3, -0.25) is 9.59 Å². The van der Waals surface area contributed by atoms with Crippen molar-refractivity contribution in [3.8, 4) is 0 Å². The molecule has 1 aromatic heterocycles. The zero-order valence-electron chi connectivity index (χ0n) is 14.2. The Hall–Kier alpha value is -3.12. The maximum Gasteiger partial charge on any atom is 0.265 e. The number of nitrogens with one attached hydrogen (secondary N) is 3. The third-order valence-electron chi connectivity index (χ3n) is 4.89. The average Bonchev–Trinajstić information content (AvgIpc) is 3.29. The second-order valence-corrected chi connectivity index (χ2v) is 6.58. The fourth-order valence-corrected chi connectivity index (χ4v) is 3.60. The summed E-state index contributed by atoms with van der Waals surface area (Å²) in [5, 5.41) is 7.11. The van der Waals surface area contributed by atoms with Gasteiger partial charge in [0.1, 0.15) is 5.69 Å². The number of hydrogen-bond acceptors (Lipinski definition) is 3. The molecule has 2 atom stereocenters. The summed E-state index contributed by atoms with van der Waals surface area (Å²) in [7, 11) is 0. The van der Waals surface area contributed by atoms with Crippen LogP contribution in [0.25, 0.3) is 10.9 Å². The Bertz CT molecular complexity index is 964. The quantitative estimate of drug-likeness (QED) is 0.582. The number of benzene rings is 2. The van der Waals surface area contributed by atoms with Crippen molar-refractivity contribution in [2.24, 2.45) is 5.73 Å². The second kappa shape index (κ2) is 6.65. The molecule has 2 aromatic carbocycles. The molecule has 26 heavy (non-hydrogen) atoms. The number of primary amides is 1. The van der Waals surface area contributed by atoms with Gasteiger partial charge in [0.15, 0.2) is 0 Å². The van der Waals surface area contributed by atoms with E-state index in [1.807, 2.05) is 36.4 Å². The predicted molar refractivity (Wildman–Crippen MR) is 101 cm³/mol. The van der Waals surface area contributed by atoms with Gasteiger partial charge in [-0.25, -0.2) is 0 Å². The SMILES string of the molecule is NC(=O)c1cc2cc(NC(=O)[C@@H]3NCC[C@H]3c3ccccc3)ccc2[nH]1. The van der Waals surface area contributed by atoms with Gasteiger partial charge in [0.25, 0.3) is 5.91 Å². The van der Waals surface area contributed by atoms with Gasteiger partial charge < -0.3 is 21.4 Å². The van der Waals surface area contributed by atoms with E-state index in [9.17, 15) is 9.59 Å². The van der Waals surface area contributed by atoms with E-state index in [1.54, 1.807) is 6.07 Å². The van der Waals surface area contributed by atoms with Gasteiger partial charge in [-0.1, -0.05) is 30.3 Å². The molecule has 132 valence electrons. The van der Waals surface area contributed by atoms with Crippen LogP contribution in [-0.2, 0) is 4.79 Å². The molecule has 6 nitrogen and oxygen atoms in total. The maximum absolute atomic E-state index is 12.8. The monoisotopic (exact) mass is 348 g/mol. The Kier molecular flexibility index (Phi) is 4.18. The normalized spacial score (nSPS) is 19.5. The number of amides is 2. The van der Waals surface area contributed by atoms with E-state index in [1.165, 1.54) is 5.56 Å². The van der Waals surface area contributed by atoms with E-state index in [0.29, 0.717) is 11.4 Å². The molecule has 0 unspecified atom stereocenters. The lowest BCUT2D eigenvalue weighted by atomic mass is 9.91. The highest BCUT2D eigenvalue weighted by molar-refractivity contribution is 6.00. The summed E-state index contributed by atoms with van der Waals surface area (Å²) in [6.45, 7) is 0.816. The van der Waals surface area contributed by atoms with Crippen LogP contribution < -0.4 is 16.4 Å². The third kappa shape index (κ3) is 3.07. The number of nitrogens with two attached hydrogens (primary N) is 1. The number of anilines is 1. The zero-order valence-corrected chi connectivity index (χ0v) is 14.2. The Morgan fingerprint density at radius 3 is 2.65 bits per heavy atom. The Morgan fingerprint density at radius 1 is 1.08 bits per heavy atom. The molecule has 0 saturated carbocycles. The molecule has 1 aliphatic rings. The summed E-state index contributed by atoms with van der Waals surface area (Å²) in [6, 6.07) is 17.0. The van der Waals surface area contributed by atoms with Gasteiger partial charge in [0, 0.05) is 22.5 Å². The Morgan fingerprint density at radius 2 is 1.88 bits per heavy atom. The van der Waals surface area contributed by atoms with Crippen molar-refractivity contribution in [1.82, 2.24) is 10.3 Å². The molecule has 0 spiro atoms. The molecule has 5 N–H and O–H groups in total. The van der Waals surface area contributed by atoms with Crippen molar-refractivity contribution in [1.29, 1.82) is 0 Å². The van der Waals surface area contributed by atoms with Crippen LogP contribution in [0.2, 0.25) is 0 Å². The smallest absolute Gasteiger partial charge is 0.265 e. The van der Waals surface area contributed by atoms with Crippen molar-refractivity contribution >= 4 is 28.4 Å². The van der Waals surface area contributed by atoms with Gasteiger partial charge in [-0.05, 0) is 42.8 Å². The molecule has 1 aliphatic heterocycles. The maximum atomic E-state index is 12.8. The van der Waals surface area contributed by atoms with Gasteiger partial charge in [0.2, 0.25) is 5.91 Å². The number of hydrogen-bond donors (Lipinski definition) is 4. The first-order chi connectivity index (χ1) is 12.6. The van der Waals surface area contributed by atoms with Crippen molar-refractivity contribution in [2.45, 2.75) is 18.4 Å². The summed E-state index contributed by atoms with van der Waals surface area (Å²) in [6.07, 6.45) is 0.931. The second-order valence-electron chi connectivity index (χ2n) is 6.58. The van der Waals surface area contributed by atoms with E-state index < -0.39 is 5.91 Å². The molecule has 2 heterocycles. The van der Waals surface area contributed by atoms with Crippen LogP contribution >= 0.6 is 0 Å². The minimum atomic E-state index is -0.507. The van der Waals surface area contributed by atoms with Gasteiger partial charge >= 0.3 is 0 Å². The van der Waals surface area contributed by atoms with Crippen LogP contribution in [0.5, 0.6) is 0 Å². The number of fused-ring (bicyclic) bond motifs is 1. The van der Waals surface area contributed by atoms with E-state index in [4.69, 9.17) is 5.73 Å². The van der Waals surface area contributed by atoms with Crippen LogP contribution in [0.15, 0.2) is 54.6 Å². The van der Waals surface area contributed by atoms with Crippen molar-refractivity contribution in [2.75, 3.05) is 11.9 Å². The predicted octanol–water partition coefficient (Wildman–Crippen LogP) is 2.35. The molecule has 4 rings (SSSR count). The van der Waals surface area contributed by atoms with E-state index in [0.717, 1.165) is 23.9 Å². The summed E-state index contributed by atoms with van der Waals surface area (Å²) < 4.78 is 0. The largest absolute Gasteiger partial charge is 0.364 e. The molecule has 0 bridgehead atoms. The Balaban J connectivity index is 1.54. The lowest BCUT2D eigenvalue weighted by Gasteiger charge is -2.19. The fourth-order valence-electron chi connectivity index (χ4n) is 3.60. The lowest BCUT2D eigenvalue weighted by Crippen LogP contribution is -2.39.